The van der Waals surface area contributed by atoms with Gasteiger partial charge in [-0.25, -0.2) is 0 Å². The third-order valence-electron chi connectivity index (χ3n) is 8.49. The maximum Gasteiger partial charge on any atom is 0.325 e. The number of nitrogens with two attached hydrogens (primary N) is 1. The lowest BCUT2D eigenvalue weighted by Gasteiger charge is -2.25. The molecule has 1 aliphatic heterocycles. The zero-order chi connectivity index (χ0) is 42.1. The van der Waals surface area contributed by atoms with Crippen molar-refractivity contribution in [2.24, 2.45) is 11.7 Å². The van der Waals surface area contributed by atoms with Crippen molar-refractivity contribution in [3.8, 4) is 5.75 Å². The first kappa shape index (κ1) is 46.3. The van der Waals surface area contributed by atoms with E-state index in [0.29, 0.717) is 18.4 Å². The fourth-order valence-corrected chi connectivity index (χ4v) is 5.42. The number of benzene rings is 1. The number of likely N-dealkylation sites (tertiary alicyclic amines) is 1. The van der Waals surface area contributed by atoms with Gasteiger partial charge in [-0.3, -0.25) is 43.2 Å². The van der Waals surface area contributed by atoms with Crippen LogP contribution in [-0.2, 0) is 49.6 Å². The van der Waals surface area contributed by atoms with Crippen LogP contribution in [0, 0.1) is 5.92 Å². The van der Waals surface area contributed by atoms with E-state index >= 15 is 0 Å². The predicted molar refractivity (Wildman–Crippen MR) is 197 cm³/mol. The molecule has 0 saturated carbocycles. The first-order chi connectivity index (χ1) is 26.3. The number of aliphatic carboxylic acids is 1. The SMILES string of the molecule is CC(C)C[C@H](NC(=O)[C@H](CO)NC(=O)CNC(=O)[C@H](Cc1ccc(O)cc1)NC(=O)[C@H](C)N)C(=O)NCC(=O)NCC(=O)N1CCC[C@H]1C(=O)N[C@@H](C)C(=O)O. The Labute approximate surface area is 323 Å². The van der Waals surface area contributed by atoms with Gasteiger partial charge in [-0.1, -0.05) is 26.0 Å². The van der Waals surface area contributed by atoms with E-state index < -0.39 is 116 Å². The van der Waals surface area contributed by atoms with Gasteiger partial charge in [0.2, 0.25) is 47.3 Å². The Hall–Kier alpha value is -5.83. The van der Waals surface area contributed by atoms with Gasteiger partial charge in [0.15, 0.2) is 0 Å². The summed E-state index contributed by atoms with van der Waals surface area (Å²) in [6.07, 6.45) is 0.889. The molecular formula is C35H53N9O12. The van der Waals surface area contributed by atoms with Gasteiger partial charge in [0.05, 0.1) is 32.3 Å². The van der Waals surface area contributed by atoms with Crippen molar-refractivity contribution >= 4 is 53.2 Å². The lowest BCUT2D eigenvalue weighted by Crippen LogP contribution is -2.57. The molecule has 0 aromatic heterocycles. The van der Waals surface area contributed by atoms with E-state index in [2.05, 4.69) is 37.2 Å². The van der Waals surface area contributed by atoms with Gasteiger partial charge in [-0.05, 0) is 56.7 Å². The second-order valence-corrected chi connectivity index (χ2v) is 13.7. The molecule has 12 N–H and O–H groups in total. The number of aliphatic hydroxyl groups excluding tert-OH is 1. The number of aliphatic hydroxyl groups is 1. The van der Waals surface area contributed by atoms with Crippen LogP contribution in [0.2, 0.25) is 0 Å². The standard InChI is InChI=1S/C35H53N9O12/c1-18(2)12-23(31(51)38-14-27(47)37-16-29(49)44-11-5-6-26(44)34(54)40-20(4)35(55)56)43-33(53)25(17-45)41-28(48)15-39-32(52)24(42-30(50)19(3)36)13-21-7-9-22(46)10-8-21/h7-10,18-20,23-26,45-46H,5-6,11-17,36H2,1-4H3,(H,37,47)(H,38,51)(H,39,52)(H,40,54)(H,41,48)(H,42,50)(H,43,53)(H,55,56)/t19-,20-,23-,24-,25-,26-/m0/s1. The van der Waals surface area contributed by atoms with Crippen molar-refractivity contribution in [2.75, 3.05) is 32.8 Å². The monoisotopic (exact) mass is 791 g/mol. The Morgan fingerprint density at radius 3 is 1.91 bits per heavy atom. The van der Waals surface area contributed by atoms with Crippen molar-refractivity contribution in [1.29, 1.82) is 0 Å². The highest BCUT2D eigenvalue weighted by atomic mass is 16.4. The van der Waals surface area contributed by atoms with E-state index in [0.717, 1.165) is 0 Å². The fourth-order valence-electron chi connectivity index (χ4n) is 5.42. The van der Waals surface area contributed by atoms with Crippen LogP contribution in [0.15, 0.2) is 24.3 Å². The molecule has 0 aliphatic carbocycles. The molecule has 0 radical (unpaired) electrons. The molecule has 1 aromatic carbocycles. The largest absolute Gasteiger partial charge is 0.508 e. The highest BCUT2D eigenvalue weighted by Gasteiger charge is 2.35. The number of rotatable bonds is 21. The number of hydrogen-bond donors (Lipinski definition) is 11. The van der Waals surface area contributed by atoms with Crippen LogP contribution in [0.1, 0.15) is 52.5 Å². The summed E-state index contributed by atoms with van der Waals surface area (Å²) in [7, 11) is 0. The number of phenols is 1. The predicted octanol–water partition coefficient (Wildman–Crippen LogP) is -4.30. The molecule has 21 nitrogen and oxygen atoms in total. The summed E-state index contributed by atoms with van der Waals surface area (Å²) in [6, 6.07) is -1.05. The van der Waals surface area contributed by atoms with Crippen LogP contribution in [0.5, 0.6) is 5.75 Å². The Morgan fingerprint density at radius 1 is 0.750 bits per heavy atom. The fraction of sp³-hybridized carbons (Fsp3) is 0.571. The molecule has 2 rings (SSSR count). The summed E-state index contributed by atoms with van der Waals surface area (Å²) in [5.41, 5.74) is 6.20. The lowest BCUT2D eigenvalue weighted by molar-refractivity contribution is -0.143. The minimum absolute atomic E-state index is 0.00694. The van der Waals surface area contributed by atoms with E-state index in [1.54, 1.807) is 26.0 Å². The smallest absolute Gasteiger partial charge is 0.325 e. The third-order valence-corrected chi connectivity index (χ3v) is 8.49. The van der Waals surface area contributed by atoms with Gasteiger partial charge in [-0.15, -0.1) is 0 Å². The summed E-state index contributed by atoms with van der Waals surface area (Å²) in [5.74, 6) is -7.37. The van der Waals surface area contributed by atoms with E-state index in [-0.39, 0.29) is 31.1 Å². The molecule has 1 fully saturated rings. The average molecular weight is 792 g/mol. The molecule has 310 valence electrons. The molecular weight excluding hydrogens is 738 g/mol. The highest BCUT2D eigenvalue weighted by molar-refractivity contribution is 5.96. The Balaban J connectivity index is 1.92. The van der Waals surface area contributed by atoms with E-state index in [1.165, 1.54) is 30.9 Å². The van der Waals surface area contributed by atoms with Gasteiger partial charge in [-0.2, -0.15) is 0 Å². The number of carboxylic acid groups (broad SMARTS) is 1. The van der Waals surface area contributed by atoms with Crippen molar-refractivity contribution in [3.63, 3.8) is 0 Å². The van der Waals surface area contributed by atoms with Gasteiger partial charge in [0.25, 0.3) is 0 Å². The Kier molecular flexibility index (Phi) is 18.6. The molecule has 0 bridgehead atoms. The summed E-state index contributed by atoms with van der Waals surface area (Å²) >= 11 is 0. The first-order valence-electron chi connectivity index (χ1n) is 18.0. The summed E-state index contributed by atoms with van der Waals surface area (Å²) in [6.45, 7) is 3.82. The molecule has 8 amide bonds. The Bertz CT molecular complexity index is 1590. The van der Waals surface area contributed by atoms with E-state index in [9.17, 15) is 53.4 Å². The van der Waals surface area contributed by atoms with Gasteiger partial charge < -0.3 is 63.2 Å². The Morgan fingerprint density at radius 2 is 1.34 bits per heavy atom. The topological polar surface area (TPSA) is 328 Å². The van der Waals surface area contributed by atoms with Crippen molar-refractivity contribution in [3.05, 3.63) is 29.8 Å². The number of phenolic OH excluding ortho intramolecular Hbond substituents is 1. The minimum atomic E-state index is -1.55. The van der Waals surface area contributed by atoms with Crippen LogP contribution in [0.3, 0.4) is 0 Å². The number of carbonyl (C=O) groups is 9. The normalized spacial score (nSPS) is 16.3. The maximum absolute atomic E-state index is 13.1. The zero-order valence-corrected chi connectivity index (χ0v) is 31.8. The molecule has 1 aliphatic rings. The van der Waals surface area contributed by atoms with Crippen LogP contribution >= 0.6 is 0 Å². The molecule has 1 heterocycles. The van der Waals surface area contributed by atoms with Crippen LogP contribution in [0.4, 0.5) is 0 Å². The molecule has 1 aromatic rings. The zero-order valence-electron chi connectivity index (χ0n) is 31.8. The van der Waals surface area contributed by atoms with Gasteiger partial charge in [0.1, 0.15) is 36.0 Å². The minimum Gasteiger partial charge on any atom is -0.508 e. The van der Waals surface area contributed by atoms with Gasteiger partial charge >= 0.3 is 5.97 Å². The third kappa shape index (κ3) is 15.5. The molecule has 0 unspecified atom stereocenters. The number of carboxylic acids is 1. The summed E-state index contributed by atoms with van der Waals surface area (Å²) in [5, 5.41) is 45.1. The number of carbonyl (C=O) groups excluding carboxylic acids is 8. The van der Waals surface area contributed by atoms with Crippen molar-refractivity contribution in [1.82, 2.24) is 42.1 Å². The highest BCUT2D eigenvalue weighted by Crippen LogP contribution is 2.18. The lowest BCUT2D eigenvalue weighted by atomic mass is 10.0. The number of aromatic hydroxyl groups is 1. The molecule has 21 heteroatoms. The van der Waals surface area contributed by atoms with Crippen LogP contribution < -0.4 is 43.0 Å². The maximum atomic E-state index is 13.1. The molecule has 0 spiro atoms. The number of hydrogen-bond acceptors (Lipinski definition) is 12. The second kappa shape index (κ2) is 22.5. The summed E-state index contributed by atoms with van der Waals surface area (Å²) in [4.78, 5) is 114. The van der Waals surface area contributed by atoms with E-state index in [4.69, 9.17) is 10.8 Å². The van der Waals surface area contributed by atoms with Crippen LogP contribution in [0.25, 0.3) is 0 Å². The average Bonchev–Trinajstić information content (AvgIpc) is 3.64. The molecule has 1 saturated heterocycles. The van der Waals surface area contributed by atoms with Crippen molar-refractivity contribution in [2.45, 2.75) is 89.6 Å². The van der Waals surface area contributed by atoms with Crippen molar-refractivity contribution < 1.29 is 58.5 Å². The summed E-state index contributed by atoms with van der Waals surface area (Å²) < 4.78 is 0. The first-order valence-corrected chi connectivity index (χ1v) is 18.0. The number of nitrogens with zero attached hydrogens (tertiary/aromatic N) is 1. The molecule has 6 atom stereocenters. The quantitative estimate of drug-likeness (QED) is 0.0562. The van der Waals surface area contributed by atoms with Crippen LogP contribution in [-0.4, -0.2) is 142 Å². The molecule has 56 heavy (non-hydrogen) atoms. The number of nitrogens with one attached hydrogen (secondary N) is 7. The second-order valence-electron chi connectivity index (χ2n) is 13.7. The number of amides is 8. The van der Waals surface area contributed by atoms with Gasteiger partial charge in [0, 0.05) is 13.0 Å². The van der Waals surface area contributed by atoms with E-state index in [1.807, 2.05) is 0 Å².